The van der Waals surface area contributed by atoms with Gasteiger partial charge in [0.25, 0.3) is 0 Å². The quantitative estimate of drug-likeness (QED) is 0.620. The number of rotatable bonds is 3. The molecule has 1 aliphatic heterocycles. The molecule has 1 saturated carbocycles. The van der Waals surface area contributed by atoms with Crippen molar-refractivity contribution in [2.45, 2.75) is 37.4 Å². The molecule has 2 heterocycles. The van der Waals surface area contributed by atoms with Crippen molar-refractivity contribution in [1.29, 1.82) is 0 Å². The van der Waals surface area contributed by atoms with Gasteiger partial charge < -0.3 is 22.1 Å². The van der Waals surface area contributed by atoms with E-state index in [1.807, 2.05) is 37.7 Å². The van der Waals surface area contributed by atoms with Gasteiger partial charge in [0, 0.05) is 25.5 Å². The number of nitrogens with two attached hydrogens (primary N) is 2. The fourth-order valence-corrected chi connectivity index (χ4v) is 4.56. The van der Waals surface area contributed by atoms with E-state index in [9.17, 15) is 4.79 Å². The standard InChI is InChI=1S/C18H26N6O/c1-10-6-5-7-11-12(10)24(4)23-14(11)16(2,3)22-15(25)13-17(19)8-21-9-18(13,17)20/h5-7,13,21H,8-9,19-20H2,1-4H3,(H,22,25)/t13?,17-,18+. The highest BCUT2D eigenvalue weighted by Crippen LogP contribution is 2.53. The van der Waals surface area contributed by atoms with Crippen LogP contribution in [0.4, 0.5) is 0 Å². The first-order valence-corrected chi connectivity index (χ1v) is 8.65. The lowest BCUT2D eigenvalue weighted by molar-refractivity contribution is -0.124. The van der Waals surface area contributed by atoms with Gasteiger partial charge in [0.05, 0.1) is 33.7 Å². The third kappa shape index (κ3) is 2.03. The Hall–Kier alpha value is -1.96. The van der Waals surface area contributed by atoms with Crippen molar-refractivity contribution in [3.05, 3.63) is 29.5 Å². The molecule has 1 aliphatic carbocycles. The van der Waals surface area contributed by atoms with Crippen LogP contribution in [0, 0.1) is 12.8 Å². The van der Waals surface area contributed by atoms with Gasteiger partial charge in [0.2, 0.25) is 5.91 Å². The molecular weight excluding hydrogens is 316 g/mol. The van der Waals surface area contributed by atoms with Gasteiger partial charge in [-0.2, -0.15) is 5.10 Å². The molecule has 1 aromatic heterocycles. The number of carbonyl (C=O) groups excluding carboxylic acids is 1. The van der Waals surface area contributed by atoms with Gasteiger partial charge in [0.15, 0.2) is 0 Å². The summed E-state index contributed by atoms with van der Waals surface area (Å²) in [7, 11) is 1.93. The maximum Gasteiger partial charge on any atom is 0.227 e. The van der Waals surface area contributed by atoms with E-state index < -0.39 is 16.6 Å². The van der Waals surface area contributed by atoms with Crippen molar-refractivity contribution in [3.8, 4) is 0 Å². The molecule has 3 atom stereocenters. The summed E-state index contributed by atoms with van der Waals surface area (Å²) in [5, 5.41) is 12.0. The Kier molecular flexibility index (Phi) is 3.18. The number of piperidine rings is 1. The van der Waals surface area contributed by atoms with Gasteiger partial charge in [-0.15, -0.1) is 0 Å². The van der Waals surface area contributed by atoms with Crippen LogP contribution in [-0.2, 0) is 17.4 Å². The maximum atomic E-state index is 12.9. The zero-order chi connectivity index (χ0) is 18.2. The summed E-state index contributed by atoms with van der Waals surface area (Å²) in [6, 6.07) is 6.12. The topological polar surface area (TPSA) is 111 Å². The minimum atomic E-state index is -0.643. The monoisotopic (exact) mass is 342 g/mol. The van der Waals surface area contributed by atoms with Crippen LogP contribution in [0.2, 0.25) is 0 Å². The molecule has 0 spiro atoms. The van der Waals surface area contributed by atoms with E-state index in [1.165, 1.54) is 0 Å². The summed E-state index contributed by atoms with van der Waals surface area (Å²) in [6.45, 7) is 7.16. The summed E-state index contributed by atoms with van der Waals surface area (Å²) < 4.78 is 1.87. The number of para-hydroxylation sites is 1. The summed E-state index contributed by atoms with van der Waals surface area (Å²) >= 11 is 0. The molecule has 6 N–H and O–H groups in total. The van der Waals surface area contributed by atoms with Crippen LogP contribution < -0.4 is 22.1 Å². The third-order valence-electron chi connectivity index (χ3n) is 6.00. The Morgan fingerprint density at radius 2 is 2.00 bits per heavy atom. The molecule has 0 bridgehead atoms. The number of aryl methyl sites for hydroxylation is 2. The number of carbonyl (C=O) groups is 1. The average Bonchev–Trinajstić information content (AvgIpc) is 2.76. The van der Waals surface area contributed by atoms with Gasteiger partial charge in [-0.25, -0.2) is 0 Å². The minimum absolute atomic E-state index is 0.0945. The normalized spacial score (nSPS) is 31.2. The highest BCUT2D eigenvalue weighted by molar-refractivity contribution is 5.90. The molecule has 7 heteroatoms. The van der Waals surface area contributed by atoms with Crippen LogP contribution in [0.1, 0.15) is 25.1 Å². The first kappa shape index (κ1) is 16.5. The van der Waals surface area contributed by atoms with Crippen molar-refractivity contribution in [3.63, 3.8) is 0 Å². The molecule has 1 unspecified atom stereocenters. The average molecular weight is 342 g/mol. The number of amides is 1. The fraction of sp³-hybridized carbons (Fsp3) is 0.556. The molecule has 7 nitrogen and oxygen atoms in total. The molecule has 2 aromatic rings. The van der Waals surface area contributed by atoms with Crippen molar-refractivity contribution < 1.29 is 4.79 Å². The number of hydrogen-bond donors (Lipinski definition) is 4. The van der Waals surface area contributed by atoms with Crippen LogP contribution in [-0.4, -0.2) is 39.9 Å². The highest BCUT2D eigenvalue weighted by Gasteiger charge is 2.78. The Morgan fingerprint density at radius 1 is 1.36 bits per heavy atom. The lowest BCUT2D eigenvalue weighted by Gasteiger charge is -2.26. The number of nitrogens with zero attached hydrogens (tertiary/aromatic N) is 2. The van der Waals surface area contributed by atoms with Crippen LogP contribution in [0.5, 0.6) is 0 Å². The van der Waals surface area contributed by atoms with E-state index in [1.54, 1.807) is 0 Å². The first-order valence-electron chi connectivity index (χ1n) is 8.65. The summed E-state index contributed by atoms with van der Waals surface area (Å²) in [4.78, 5) is 12.9. The zero-order valence-electron chi connectivity index (χ0n) is 15.2. The second-order valence-electron chi connectivity index (χ2n) is 8.17. The Bertz CT molecular complexity index is 871. The number of fused-ring (bicyclic) bond motifs is 2. The molecule has 1 aromatic carbocycles. The smallest absolute Gasteiger partial charge is 0.227 e. The van der Waals surface area contributed by atoms with E-state index in [4.69, 9.17) is 11.5 Å². The molecule has 25 heavy (non-hydrogen) atoms. The zero-order valence-corrected chi connectivity index (χ0v) is 15.2. The maximum absolute atomic E-state index is 12.9. The number of benzene rings is 1. The number of hydrogen-bond acceptors (Lipinski definition) is 5. The number of nitrogens with one attached hydrogen (secondary N) is 2. The predicted molar refractivity (Wildman–Crippen MR) is 96.8 cm³/mol. The van der Waals surface area contributed by atoms with Crippen molar-refractivity contribution in [1.82, 2.24) is 20.4 Å². The van der Waals surface area contributed by atoms with Crippen LogP contribution in [0.3, 0.4) is 0 Å². The van der Waals surface area contributed by atoms with Crippen LogP contribution in [0.25, 0.3) is 10.9 Å². The molecular formula is C18H26N6O. The summed E-state index contributed by atoms with van der Waals surface area (Å²) in [5.41, 5.74) is 13.9. The number of aromatic nitrogens is 2. The highest BCUT2D eigenvalue weighted by atomic mass is 16.2. The summed E-state index contributed by atoms with van der Waals surface area (Å²) in [6.07, 6.45) is 0. The lowest BCUT2D eigenvalue weighted by atomic mass is 9.95. The van der Waals surface area contributed by atoms with Crippen molar-refractivity contribution in [2.24, 2.45) is 24.4 Å². The molecule has 2 fully saturated rings. The van der Waals surface area contributed by atoms with Crippen LogP contribution >= 0.6 is 0 Å². The Labute approximate surface area is 147 Å². The largest absolute Gasteiger partial charge is 0.345 e. The second kappa shape index (κ2) is 4.81. The molecule has 4 rings (SSSR count). The minimum Gasteiger partial charge on any atom is -0.345 e. The van der Waals surface area contributed by atoms with Gasteiger partial charge in [-0.05, 0) is 26.3 Å². The molecule has 2 aliphatic rings. The SMILES string of the molecule is Cc1cccc2c(C(C)(C)NC(=O)C3[C@]4(N)CNC[C@]34N)nn(C)c12. The first-order chi connectivity index (χ1) is 11.6. The van der Waals surface area contributed by atoms with E-state index in [0.29, 0.717) is 13.1 Å². The molecule has 1 saturated heterocycles. The van der Waals surface area contributed by atoms with Gasteiger partial charge in [-0.3, -0.25) is 9.48 Å². The van der Waals surface area contributed by atoms with E-state index in [2.05, 4.69) is 28.7 Å². The second-order valence-corrected chi connectivity index (χ2v) is 8.17. The fourth-order valence-electron chi connectivity index (χ4n) is 4.56. The van der Waals surface area contributed by atoms with Gasteiger partial charge in [0.1, 0.15) is 0 Å². The van der Waals surface area contributed by atoms with Crippen molar-refractivity contribution >= 4 is 16.8 Å². The van der Waals surface area contributed by atoms with Gasteiger partial charge in [-0.1, -0.05) is 18.2 Å². The Balaban J connectivity index is 1.65. The van der Waals surface area contributed by atoms with Gasteiger partial charge >= 0.3 is 0 Å². The van der Waals surface area contributed by atoms with E-state index >= 15 is 0 Å². The van der Waals surface area contributed by atoms with E-state index in [0.717, 1.165) is 22.2 Å². The molecule has 134 valence electrons. The molecule has 0 radical (unpaired) electrons. The summed E-state index contributed by atoms with van der Waals surface area (Å²) in [5.74, 6) is -0.458. The third-order valence-corrected chi connectivity index (χ3v) is 6.00. The Morgan fingerprint density at radius 3 is 2.64 bits per heavy atom. The van der Waals surface area contributed by atoms with Crippen LogP contribution in [0.15, 0.2) is 18.2 Å². The van der Waals surface area contributed by atoms with Crippen molar-refractivity contribution in [2.75, 3.05) is 13.1 Å². The lowest BCUT2D eigenvalue weighted by Crippen LogP contribution is -2.47. The van der Waals surface area contributed by atoms with E-state index in [-0.39, 0.29) is 11.8 Å². The molecule has 1 amide bonds. The predicted octanol–water partition coefficient (Wildman–Crippen LogP) is -0.139.